The van der Waals surface area contributed by atoms with Gasteiger partial charge in [-0.2, -0.15) is 0 Å². The Morgan fingerprint density at radius 1 is 1.00 bits per heavy atom. The number of hydrogen-bond acceptors (Lipinski definition) is 2. The van der Waals surface area contributed by atoms with E-state index >= 15 is 0 Å². The minimum Gasteiger partial charge on any atom is -0.481 e. The van der Waals surface area contributed by atoms with Crippen LogP contribution in [0.15, 0.2) is 24.3 Å². The second-order valence-electron chi connectivity index (χ2n) is 5.58. The topological polar surface area (TPSA) is 57.5 Å². The zero-order valence-corrected chi connectivity index (χ0v) is 13.5. The third-order valence-electron chi connectivity index (χ3n) is 3.45. The second kappa shape index (κ2) is 15.3. The Kier molecular flexibility index (Phi) is 14.5. The monoisotopic (exact) mass is 296 g/mol. The van der Waals surface area contributed by atoms with Crippen LogP contribution in [0.2, 0.25) is 0 Å². The maximum absolute atomic E-state index is 10.3. The molecular formula is C18H32O3. The van der Waals surface area contributed by atoms with Crippen LogP contribution >= 0.6 is 0 Å². The predicted molar refractivity (Wildman–Crippen MR) is 88.4 cm³/mol. The molecule has 0 saturated carbocycles. The first-order valence-electron chi connectivity index (χ1n) is 8.40. The van der Waals surface area contributed by atoms with E-state index in [-0.39, 0.29) is 12.5 Å². The smallest absolute Gasteiger partial charge is 0.303 e. The van der Waals surface area contributed by atoms with Gasteiger partial charge in [-0.05, 0) is 25.7 Å². The van der Waals surface area contributed by atoms with Crippen molar-refractivity contribution in [1.82, 2.24) is 0 Å². The van der Waals surface area contributed by atoms with E-state index in [4.69, 9.17) is 5.11 Å². The SMILES string of the molecule is CCCCCC/C=C\C=C\[C@@H](O)CCCCCCC(=O)O. The van der Waals surface area contributed by atoms with Crippen molar-refractivity contribution in [2.75, 3.05) is 0 Å². The molecule has 21 heavy (non-hydrogen) atoms. The number of rotatable bonds is 14. The highest BCUT2D eigenvalue weighted by Gasteiger charge is 1.99. The molecule has 0 aromatic carbocycles. The van der Waals surface area contributed by atoms with Crippen molar-refractivity contribution in [2.24, 2.45) is 0 Å². The van der Waals surface area contributed by atoms with Gasteiger partial charge < -0.3 is 10.2 Å². The molecule has 0 aliphatic heterocycles. The molecule has 0 aromatic rings. The number of unbranched alkanes of at least 4 members (excludes halogenated alkanes) is 7. The van der Waals surface area contributed by atoms with Gasteiger partial charge >= 0.3 is 5.97 Å². The zero-order valence-electron chi connectivity index (χ0n) is 13.5. The molecule has 0 rings (SSSR count). The molecule has 0 fully saturated rings. The molecule has 122 valence electrons. The number of carbonyl (C=O) groups is 1. The Balaban J connectivity index is 3.43. The Hall–Kier alpha value is -1.09. The molecule has 0 radical (unpaired) electrons. The summed E-state index contributed by atoms with van der Waals surface area (Å²) in [6, 6.07) is 0. The first-order chi connectivity index (χ1) is 10.2. The molecule has 2 N–H and O–H groups in total. The highest BCUT2D eigenvalue weighted by Crippen LogP contribution is 2.08. The molecule has 1 atom stereocenters. The average molecular weight is 296 g/mol. The number of carboxylic acid groups (broad SMARTS) is 1. The van der Waals surface area contributed by atoms with Crippen LogP contribution in [-0.4, -0.2) is 22.3 Å². The van der Waals surface area contributed by atoms with Gasteiger partial charge in [-0.15, -0.1) is 0 Å². The second-order valence-corrected chi connectivity index (χ2v) is 5.58. The Labute approximate surface area is 129 Å². The fourth-order valence-corrected chi connectivity index (χ4v) is 2.14. The molecule has 0 heterocycles. The molecular weight excluding hydrogens is 264 g/mol. The molecule has 0 aromatic heterocycles. The fourth-order valence-electron chi connectivity index (χ4n) is 2.14. The fraction of sp³-hybridized carbons (Fsp3) is 0.722. The van der Waals surface area contributed by atoms with Crippen molar-refractivity contribution in [1.29, 1.82) is 0 Å². The molecule has 0 aliphatic rings. The van der Waals surface area contributed by atoms with Gasteiger partial charge in [-0.1, -0.05) is 69.8 Å². The number of allylic oxidation sites excluding steroid dienone is 3. The highest BCUT2D eigenvalue weighted by atomic mass is 16.4. The summed E-state index contributed by atoms with van der Waals surface area (Å²) in [5.74, 6) is -0.723. The normalized spacial score (nSPS) is 13.2. The standard InChI is InChI=1S/C18H32O3/c1-2-3-4-5-6-7-8-11-14-17(19)15-12-9-10-13-16-18(20)21/h7-8,11,14,17,19H,2-6,9-10,12-13,15-16H2,1H3,(H,20,21)/b8-7-,14-11+/t17-/m1/s1. The highest BCUT2D eigenvalue weighted by molar-refractivity contribution is 5.66. The van der Waals surface area contributed by atoms with Crippen LogP contribution in [0.4, 0.5) is 0 Å². The number of carboxylic acids is 1. The Bertz CT molecular complexity index is 295. The zero-order chi connectivity index (χ0) is 15.8. The van der Waals surface area contributed by atoms with Gasteiger partial charge in [0.05, 0.1) is 6.10 Å². The lowest BCUT2D eigenvalue weighted by atomic mass is 10.1. The van der Waals surface area contributed by atoms with E-state index in [0.717, 1.165) is 38.5 Å². The van der Waals surface area contributed by atoms with E-state index in [0.29, 0.717) is 0 Å². The quantitative estimate of drug-likeness (QED) is 0.355. The van der Waals surface area contributed by atoms with Crippen LogP contribution in [0.1, 0.15) is 77.6 Å². The van der Waals surface area contributed by atoms with Crippen LogP contribution in [0.3, 0.4) is 0 Å². The van der Waals surface area contributed by atoms with Gasteiger partial charge in [0.2, 0.25) is 0 Å². The Morgan fingerprint density at radius 3 is 2.43 bits per heavy atom. The molecule has 0 amide bonds. The lowest BCUT2D eigenvalue weighted by molar-refractivity contribution is -0.137. The van der Waals surface area contributed by atoms with E-state index in [9.17, 15) is 9.90 Å². The molecule has 3 nitrogen and oxygen atoms in total. The summed E-state index contributed by atoms with van der Waals surface area (Å²) in [5, 5.41) is 18.3. The number of hydrogen-bond donors (Lipinski definition) is 2. The summed E-state index contributed by atoms with van der Waals surface area (Å²) in [6.07, 6.45) is 18.4. The summed E-state index contributed by atoms with van der Waals surface area (Å²) >= 11 is 0. The molecule has 0 aliphatic carbocycles. The van der Waals surface area contributed by atoms with Crippen LogP contribution in [0, 0.1) is 0 Å². The average Bonchev–Trinajstić information content (AvgIpc) is 2.45. The van der Waals surface area contributed by atoms with Crippen molar-refractivity contribution < 1.29 is 15.0 Å². The Morgan fingerprint density at radius 2 is 1.71 bits per heavy atom. The number of aliphatic hydroxyl groups is 1. The first-order valence-corrected chi connectivity index (χ1v) is 8.40. The van der Waals surface area contributed by atoms with Gasteiger partial charge in [0.25, 0.3) is 0 Å². The van der Waals surface area contributed by atoms with Crippen molar-refractivity contribution in [3.63, 3.8) is 0 Å². The van der Waals surface area contributed by atoms with Crippen molar-refractivity contribution in [3.05, 3.63) is 24.3 Å². The molecule has 0 unspecified atom stereocenters. The third kappa shape index (κ3) is 16.9. The van der Waals surface area contributed by atoms with Gasteiger partial charge in [0.15, 0.2) is 0 Å². The first kappa shape index (κ1) is 19.9. The summed E-state index contributed by atoms with van der Waals surface area (Å²) in [5.41, 5.74) is 0. The van der Waals surface area contributed by atoms with E-state index in [1.165, 1.54) is 25.7 Å². The van der Waals surface area contributed by atoms with Gasteiger partial charge in [-0.25, -0.2) is 0 Å². The summed E-state index contributed by atoms with van der Waals surface area (Å²) in [4.78, 5) is 10.3. The van der Waals surface area contributed by atoms with E-state index in [1.54, 1.807) is 0 Å². The largest absolute Gasteiger partial charge is 0.481 e. The van der Waals surface area contributed by atoms with Crippen LogP contribution in [-0.2, 0) is 4.79 Å². The lowest BCUT2D eigenvalue weighted by Crippen LogP contribution is -2.01. The number of aliphatic hydroxyl groups excluding tert-OH is 1. The van der Waals surface area contributed by atoms with Crippen LogP contribution < -0.4 is 0 Å². The molecule has 0 bridgehead atoms. The molecule has 3 heteroatoms. The van der Waals surface area contributed by atoms with Gasteiger partial charge in [0, 0.05) is 6.42 Å². The van der Waals surface area contributed by atoms with E-state index < -0.39 is 5.97 Å². The predicted octanol–water partition coefficient (Wildman–Crippen LogP) is 4.86. The summed E-state index contributed by atoms with van der Waals surface area (Å²) in [7, 11) is 0. The number of aliphatic carboxylic acids is 1. The van der Waals surface area contributed by atoms with Crippen molar-refractivity contribution in [2.45, 2.75) is 83.7 Å². The lowest BCUT2D eigenvalue weighted by Gasteiger charge is -2.04. The van der Waals surface area contributed by atoms with Crippen LogP contribution in [0.25, 0.3) is 0 Å². The van der Waals surface area contributed by atoms with Gasteiger partial charge in [-0.3, -0.25) is 4.79 Å². The maximum Gasteiger partial charge on any atom is 0.303 e. The molecule has 0 saturated heterocycles. The maximum atomic E-state index is 10.3. The van der Waals surface area contributed by atoms with Crippen LogP contribution in [0.5, 0.6) is 0 Å². The van der Waals surface area contributed by atoms with E-state index in [2.05, 4.69) is 13.0 Å². The minimum atomic E-state index is -0.723. The third-order valence-corrected chi connectivity index (χ3v) is 3.45. The van der Waals surface area contributed by atoms with Crippen molar-refractivity contribution in [3.8, 4) is 0 Å². The van der Waals surface area contributed by atoms with Crippen molar-refractivity contribution >= 4 is 5.97 Å². The molecule has 0 spiro atoms. The summed E-state index contributed by atoms with van der Waals surface area (Å²) < 4.78 is 0. The van der Waals surface area contributed by atoms with E-state index in [1.807, 2.05) is 18.2 Å². The summed E-state index contributed by atoms with van der Waals surface area (Å²) in [6.45, 7) is 2.21. The van der Waals surface area contributed by atoms with Gasteiger partial charge in [0.1, 0.15) is 0 Å². The minimum absolute atomic E-state index is 0.255.